The summed E-state index contributed by atoms with van der Waals surface area (Å²) in [5.74, 6) is 0.231. The molecule has 120 valence electrons. The highest BCUT2D eigenvalue weighted by atomic mass is 79.9. The van der Waals surface area contributed by atoms with E-state index in [1.54, 1.807) is 33.9 Å². The van der Waals surface area contributed by atoms with E-state index in [2.05, 4.69) is 31.5 Å². The Morgan fingerprint density at radius 2 is 2.18 bits per heavy atom. The lowest BCUT2D eigenvalue weighted by Crippen LogP contribution is -2.55. The van der Waals surface area contributed by atoms with E-state index < -0.39 is 17.2 Å². The van der Waals surface area contributed by atoms with Crippen molar-refractivity contribution in [1.29, 1.82) is 0 Å². The highest BCUT2D eigenvalue weighted by molar-refractivity contribution is 9.10. The second kappa shape index (κ2) is 5.87. The standard InChI is InChI=1S/C15H20BrN3O3/c1-14(2,3)22-13(21)19-15(4)6-5-9-7-10(16)8-17-11(9)18-12(15)20/h7-8H,5-6H2,1-4H3,(H,19,21)(H,17,18,20). The Morgan fingerprint density at radius 3 is 2.82 bits per heavy atom. The van der Waals surface area contributed by atoms with Gasteiger partial charge in [-0.15, -0.1) is 0 Å². The predicted molar refractivity (Wildman–Crippen MR) is 86.7 cm³/mol. The maximum Gasteiger partial charge on any atom is 0.408 e. The summed E-state index contributed by atoms with van der Waals surface area (Å²) in [6.45, 7) is 7.02. The molecule has 0 fully saturated rings. The number of carbonyl (C=O) groups is 2. The first-order chi connectivity index (χ1) is 10.1. The number of hydrogen-bond acceptors (Lipinski definition) is 4. The number of aromatic nitrogens is 1. The zero-order chi connectivity index (χ0) is 16.5. The molecule has 6 nitrogen and oxygen atoms in total. The number of aryl methyl sites for hydroxylation is 1. The zero-order valence-corrected chi connectivity index (χ0v) is 14.7. The van der Waals surface area contributed by atoms with Crippen molar-refractivity contribution in [2.75, 3.05) is 5.32 Å². The largest absolute Gasteiger partial charge is 0.444 e. The van der Waals surface area contributed by atoms with Gasteiger partial charge in [0.1, 0.15) is 17.0 Å². The normalized spacial score (nSPS) is 21.4. The molecule has 2 heterocycles. The number of anilines is 1. The molecule has 0 bridgehead atoms. The Labute approximate surface area is 138 Å². The maximum absolute atomic E-state index is 12.5. The molecule has 2 rings (SSSR count). The third kappa shape index (κ3) is 3.97. The van der Waals surface area contributed by atoms with Crippen molar-refractivity contribution in [3.63, 3.8) is 0 Å². The molecular weight excluding hydrogens is 350 g/mol. The molecule has 0 radical (unpaired) electrons. The van der Waals surface area contributed by atoms with E-state index in [1.807, 2.05) is 6.07 Å². The van der Waals surface area contributed by atoms with Crippen LogP contribution in [-0.2, 0) is 16.0 Å². The number of nitrogens with one attached hydrogen (secondary N) is 2. The van der Waals surface area contributed by atoms with Crippen molar-refractivity contribution in [3.8, 4) is 0 Å². The monoisotopic (exact) mass is 369 g/mol. The van der Waals surface area contributed by atoms with Gasteiger partial charge in [0.2, 0.25) is 0 Å². The number of nitrogens with zero attached hydrogens (tertiary/aromatic N) is 1. The molecule has 22 heavy (non-hydrogen) atoms. The fourth-order valence-electron chi connectivity index (χ4n) is 2.18. The number of amides is 2. The topological polar surface area (TPSA) is 80.3 Å². The maximum atomic E-state index is 12.5. The van der Waals surface area contributed by atoms with Crippen molar-refractivity contribution in [1.82, 2.24) is 10.3 Å². The SMILES string of the molecule is CC(C)(C)OC(=O)NC1(C)CCc2cc(Br)cnc2NC1=O. The van der Waals surface area contributed by atoms with E-state index in [0.29, 0.717) is 18.7 Å². The third-order valence-electron chi connectivity index (χ3n) is 3.34. The van der Waals surface area contributed by atoms with Gasteiger partial charge in [0.15, 0.2) is 0 Å². The first-order valence-electron chi connectivity index (χ1n) is 7.06. The van der Waals surface area contributed by atoms with Crippen molar-refractivity contribution in [3.05, 3.63) is 22.3 Å². The Hall–Kier alpha value is -1.63. The molecular formula is C15H20BrN3O3. The van der Waals surface area contributed by atoms with Crippen molar-refractivity contribution >= 4 is 33.7 Å². The molecule has 1 aromatic rings. The van der Waals surface area contributed by atoms with Crippen molar-refractivity contribution in [2.24, 2.45) is 0 Å². The number of halogens is 1. The second-order valence-electron chi connectivity index (χ2n) is 6.57. The highest BCUT2D eigenvalue weighted by Gasteiger charge is 2.38. The van der Waals surface area contributed by atoms with Crippen LogP contribution in [0.3, 0.4) is 0 Å². The van der Waals surface area contributed by atoms with Gasteiger partial charge in [0.05, 0.1) is 0 Å². The highest BCUT2D eigenvalue weighted by Crippen LogP contribution is 2.27. The molecule has 0 saturated carbocycles. The van der Waals surface area contributed by atoms with Crippen LogP contribution in [0.4, 0.5) is 10.6 Å². The number of rotatable bonds is 1. The van der Waals surface area contributed by atoms with Crippen molar-refractivity contribution in [2.45, 2.75) is 51.7 Å². The van der Waals surface area contributed by atoms with Gasteiger partial charge in [0.25, 0.3) is 5.91 Å². The van der Waals surface area contributed by atoms with Crippen LogP contribution in [0.1, 0.15) is 39.7 Å². The van der Waals surface area contributed by atoms with Gasteiger partial charge in [-0.3, -0.25) is 4.79 Å². The summed E-state index contributed by atoms with van der Waals surface area (Å²) in [6.07, 6.45) is 2.10. The molecule has 7 heteroatoms. The van der Waals surface area contributed by atoms with Crippen LogP contribution in [0.15, 0.2) is 16.7 Å². The molecule has 1 aliphatic heterocycles. The lowest BCUT2D eigenvalue weighted by molar-refractivity contribution is -0.122. The average molecular weight is 370 g/mol. The quantitative estimate of drug-likeness (QED) is 0.797. The molecule has 1 unspecified atom stereocenters. The van der Waals surface area contributed by atoms with Crippen LogP contribution in [0.25, 0.3) is 0 Å². The summed E-state index contributed by atoms with van der Waals surface area (Å²) in [7, 11) is 0. The van der Waals surface area contributed by atoms with Crippen LogP contribution in [0.5, 0.6) is 0 Å². The number of hydrogen-bond donors (Lipinski definition) is 2. The first-order valence-corrected chi connectivity index (χ1v) is 7.85. The zero-order valence-electron chi connectivity index (χ0n) is 13.1. The van der Waals surface area contributed by atoms with Gasteiger partial charge in [0, 0.05) is 10.7 Å². The summed E-state index contributed by atoms with van der Waals surface area (Å²) in [5.41, 5.74) is -0.732. The van der Waals surface area contributed by atoms with Gasteiger partial charge in [-0.2, -0.15) is 0 Å². The van der Waals surface area contributed by atoms with E-state index in [4.69, 9.17) is 4.74 Å². The number of fused-ring (bicyclic) bond motifs is 1. The molecule has 0 spiro atoms. The molecule has 1 atom stereocenters. The van der Waals surface area contributed by atoms with E-state index >= 15 is 0 Å². The lowest BCUT2D eigenvalue weighted by Gasteiger charge is -2.29. The minimum absolute atomic E-state index is 0.299. The van der Waals surface area contributed by atoms with E-state index in [9.17, 15) is 9.59 Å². The third-order valence-corrected chi connectivity index (χ3v) is 3.77. The van der Waals surface area contributed by atoms with E-state index in [-0.39, 0.29) is 5.91 Å². The number of carbonyl (C=O) groups excluding carboxylic acids is 2. The van der Waals surface area contributed by atoms with Crippen LogP contribution in [0, 0.1) is 0 Å². The minimum atomic E-state index is -1.05. The molecule has 2 amide bonds. The summed E-state index contributed by atoms with van der Waals surface area (Å²) >= 11 is 3.37. The smallest absolute Gasteiger partial charge is 0.408 e. The average Bonchev–Trinajstić information content (AvgIpc) is 2.46. The molecule has 0 aliphatic carbocycles. The lowest BCUT2D eigenvalue weighted by atomic mass is 9.94. The van der Waals surface area contributed by atoms with Crippen LogP contribution in [-0.4, -0.2) is 28.1 Å². The molecule has 1 aliphatic rings. The van der Waals surface area contributed by atoms with Crippen LogP contribution >= 0.6 is 15.9 Å². The Balaban J connectivity index is 2.16. The Morgan fingerprint density at radius 1 is 1.50 bits per heavy atom. The van der Waals surface area contributed by atoms with Crippen molar-refractivity contribution < 1.29 is 14.3 Å². The summed E-state index contributed by atoms with van der Waals surface area (Å²) in [5, 5.41) is 5.45. The molecule has 0 saturated heterocycles. The van der Waals surface area contributed by atoms with Crippen LogP contribution < -0.4 is 10.6 Å². The summed E-state index contributed by atoms with van der Waals surface area (Å²) in [4.78, 5) is 28.6. The Kier molecular flexibility index (Phi) is 4.47. The molecule has 1 aromatic heterocycles. The predicted octanol–water partition coefficient (Wildman–Crippen LogP) is 3.01. The fraction of sp³-hybridized carbons (Fsp3) is 0.533. The van der Waals surface area contributed by atoms with Gasteiger partial charge in [-0.1, -0.05) is 0 Å². The molecule has 2 N–H and O–H groups in total. The number of pyridine rings is 1. The number of alkyl carbamates (subject to hydrolysis) is 1. The second-order valence-corrected chi connectivity index (χ2v) is 7.49. The summed E-state index contributed by atoms with van der Waals surface area (Å²) in [6, 6.07) is 1.92. The van der Waals surface area contributed by atoms with Gasteiger partial charge >= 0.3 is 6.09 Å². The molecule has 0 aromatic carbocycles. The van der Waals surface area contributed by atoms with Gasteiger partial charge in [-0.25, -0.2) is 9.78 Å². The van der Waals surface area contributed by atoms with E-state index in [1.165, 1.54) is 0 Å². The van der Waals surface area contributed by atoms with Gasteiger partial charge < -0.3 is 15.4 Å². The fourth-order valence-corrected chi connectivity index (χ4v) is 2.55. The Bertz CT molecular complexity index is 613. The van der Waals surface area contributed by atoms with E-state index in [0.717, 1.165) is 10.0 Å². The van der Waals surface area contributed by atoms with Crippen LogP contribution in [0.2, 0.25) is 0 Å². The number of ether oxygens (including phenoxy) is 1. The summed E-state index contributed by atoms with van der Waals surface area (Å²) < 4.78 is 6.09. The van der Waals surface area contributed by atoms with Gasteiger partial charge in [-0.05, 0) is 68.1 Å². The first kappa shape index (κ1) is 16.7. The minimum Gasteiger partial charge on any atom is -0.444 e.